The van der Waals surface area contributed by atoms with Crippen molar-refractivity contribution >= 4 is 12.4 Å². The van der Waals surface area contributed by atoms with Crippen molar-refractivity contribution in [3.05, 3.63) is 66.0 Å². The first-order chi connectivity index (χ1) is 10.8. The zero-order valence-electron chi connectivity index (χ0n) is 13.0. The van der Waals surface area contributed by atoms with E-state index in [2.05, 4.69) is 21.7 Å². The maximum atomic E-state index is 11.2. The molecular weight excluding hydrogens is 308 g/mol. The summed E-state index contributed by atoms with van der Waals surface area (Å²) in [6.07, 6.45) is 5.87. The third-order valence-electron chi connectivity index (χ3n) is 4.04. The molecule has 23 heavy (non-hydrogen) atoms. The third-order valence-corrected chi connectivity index (χ3v) is 4.04. The molecule has 0 aliphatic carbocycles. The predicted molar refractivity (Wildman–Crippen MR) is 94.4 cm³/mol. The van der Waals surface area contributed by atoms with Gasteiger partial charge in [0.05, 0.1) is 6.54 Å². The summed E-state index contributed by atoms with van der Waals surface area (Å²) in [4.78, 5) is 6.44. The zero-order chi connectivity index (χ0) is 15.3. The quantitative estimate of drug-likeness (QED) is 0.880. The summed E-state index contributed by atoms with van der Waals surface area (Å²) < 4.78 is 0. The third kappa shape index (κ3) is 4.11. The Labute approximate surface area is 143 Å². The Balaban J connectivity index is 0.00000192. The van der Waals surface area contributed by atoms with Gasteiger partial charge in [0.2, 0.25) is 0 Å². The van der Waals surface area contributed by atoms with Crippen LogP contribution >= 0.6 is 12.4 Å². The van der Waals surface area contributed by atoms with E-state index in [-0.39, 0.29) is 12.4 Å². The lowest BCUT2D eigenvalue weighted by Crippen LogP contribution is -2.26. The van der Waals surface area contributed by atoms with Crippen LogP contribution in [0.3, 0.4) is 0 Å². The molecule has 1 aliphatic rings. The van der Waals surface area contributed by atoms with Gasteiger partial charge in [-0.1, -0.05) is 48.2 Å². The smallest absolute Gasteiger partial charge is 0.178 e. The van der Waals surface area contributed by atoms with Crippen LogP contribution in [0, 0.1) is 11.8 Å². The van der Waals surface area contributed by atoms with E-state index in [1.807, 2.05) is 42.5 Å². The van der Waals surface area contributed by atoms with Crippen LogP contribution in [-0.2, 0) is 5.60 Å². The van der Waals surface area contributed by atoms with E-state index in [1.165, 1.54) is 12.8 Å². The lowest BCUT2D eigenvalue weighted by molar-refractivity contribution is 0.144. The molecule has 0 saturated carbocycles. The van der Waals surface area contributed by atoms with Gasteiger partial charge in [-0.2, -0.15) is 0 Å². The van der Waals surface area contributed by atoms with Gasteiger partial charge in [-0.25, -0.2) is 0 Å². The highest BCUT2D eigenvalue weighted by Gasteiger charge is 2.29. The summed E-state index contributed by atoms with van der Waals surface area (Å²) in [5.74, 6) is 6.24. The maximum Gasteiger partial charge on any atom is 0.178 e. The number of pyridine rings is 1. The molecule has 0 bridgehead atoms. The van der Waals surface area contributed by atoms with Gasteiger partial charge in [-0.05, 0) is 32.0 Å². The van der Waals surface area contributed by atoms with Crippen LogP contribution in [0.25, 0.3) is 0 Å². The topological polar surface area (TPSA) is 36.4 Å². The van der Waals surface area contributed by atoms with E-state index in [0.717, 1.165) is 18.7 Å². The Kier molecular flexibility index (Phi) is 6.18. The summed E-state index contributed by atoms with van der Waals surface area (Å²) in [5.41, 5.74) is 0.168. The van der Waals surface area contributed by atoms with E-state index < -0.39 is 5.60 Å². The van der Waals surface area contributed by atoms with Gasteiger partial charge in [-0.3, -0.25) is 9.88 Å². The van der Waals surface area contributed by atoms with Crippen LogP contribution in [-0.4, -0.2) is 34.6 Å². The first-order valence-electron chi connectivity index (χ1n) is 7.70. The van der Waals surface area contributed by atoms with Gasteiger partial charge >= 0.3 is 0 Å². The number of halogens is 1. The van der Waals surface area contributed by atoms with Crippen molar-refractivity contribution in [1.82, 2.24) is 9.88 Å². The van der Waals surface area contributed by atoms with Crippen LogP contribution < -0.4 is 0 Å². The van der Waals surface area contributed by atoms with Gasteiger partial charge in [-0.15, -0.1) is 12.4 Å². The van der Waals surface area contributed by atoms with Crippen molar-refractivity contribution in [2.24, 2.45) is 0 Å². The monoisotopic (exact) mass is 328 g/mol. The fourth-order valence-electron chi connectivity index (χ4n) is 2.79. The van der Waals surface area contributed by atoms with E-state index in [9.17, 15) is 5.11 Å². The molecule has 120 valence electrons. The molecule has 3 rings (SSSR count). The number of rotatable bonds is 3. The summed E-state index contributed by atoms with van der Waals surface area (Å²) in [6.45, 7) is 2.91. The number of aromatic nitrogens is 1. The molecule has 2 aromatic rings. The second-order valence-electron chi connectivity index (χ2n) is 5.60. The molecule has 0 amide bonds. The van der Waals surface area contributed by atoms with Crippen molar-refractivity contribution in [1.29, 1.82) is 0 Å². The van der Waals surface area contributed by atoms with Crippen molar-refractivity contribution in [2.45, 2.75) is 18.4 Å². The number of nitrogens with zero attached hydrogens (tertiary/aromatic N) is 2. The molecule has 1 aromatic carbocycles. The molecule has 3 nitrogen and oxygen atoms in total. The average Bonchev–Trinajstić information content (AvgIpc) is 3.10. The molecule has 4 heteroatoms. The lowest BCUT2D eigenvalue weighted by Gasteiger charge is -2.23. The summed E-state index contributed by atoms with van der Waals surface area (Å²) in [5, 5.41) is 11.2. The first kappa shape index (κ1) is 17.5. The van der Waals surface area contributed by atoms with E-state index in [0.29, 0.717) is 12.1 Å². The molecular formula is C19H21ClN2O. The minimum Gasteiger partial charge on any atom is -0.369 e. The average molecular weight is 329 g/mol. The number of benzene rings is 1. The van der Waals surface area contributed by atoms with Crippen LogP contribution in [0.1, 0.15) is 24.0 Å². The van der Waals surface area contributed by atoms with Crippen LogP contribution in [0.15, 0.2) is 54.9 Å². The number of hydrogen-bond donors (Lipinski definition) is 1. The second kappa shape index (κ2) is 8.12. The molecule has 1 unspecified atom stereocenters. The van der Waals surface area contributed by atoms with Gasteiger partial charge in [0, 0.05) is 23.5 Å². The summed E-state index contributed by atoms with van der Waals surface area (Å²) >= 11 is 0. The van der Waals surface area contributed by atoms with Crippen LogP contribution in [0.5, 0.6) is 0 Å². The normalized spacial score (nSPS) is 16.7. The summed E-state index contributed by atoms with van der Waals surface area (Å²) in [7, 11) is 0. The van der Waals surface area contributed by atoms with Gasteiger partial charge in [0.25, 0.3) is 0 Å². The highest BCUT2D eigenvalue weighted by molar-refractivity contribution is 5.85. The van der Waals surface area contributed by atoms with Crippen molar-refractivity contribution in [3.8, 4) is 11.8 Å². The Morgan fingerprint density at radius 2 is 1.74 bits per heavy atom. The molecule has 2 heterocycles. The second-order valence-corrected chi connectivity index (χ2v) is 5.60. The fourth-order valence-corrected chi connectivity index (χ4v) is 2.79. The molecule has 1 aliphatic heterocycles. The molecule has 0 spiro atoms. The van der Waals surface area contributed by atoms with E-state index >= 15 is 0 Å². The number of likely N-dealkylation sites (tertiary alicyclic amines) is 1. The maximum absolute atomic E-state index is 11.2. The van der Waals surface area contributed by atoms with Gasteiger partial charge < -0.3 is 5.11 Å². The molecule has 0 radical (unpaired) electrons. The highest BCUT2D eigenvalue weighted by atomic mass is 35.5. The molecule has 1 N–H and O–H groups in total. The zero-order valence-corrected chi connectivity index (χ0v) is 13.8. The van der Waals surface area contributed by atoms with Crippen molar-refractivity contribution in [2.75, 3.05) is 19.6 Å². The van der Waals surface area contributed by atoms with Crippen LogP contribution in [0.4, 0.5) is 0 Å². The van der Waals surface area contributed by atoms with Crippen LogP contribution in [0.2, 0.25) is 0 Å². The highest BCUT2D eigenvalue weighted by Crippen LogP contribution is 2.28. The van der Waals surface area contributed by atoms with Gasteiger partial charge in [0.15, 0.2) is 5.60 Å². The molecule has 1 fully saturated rings. The molecule has 1 atom stereocenters. The minimum atomic E-state index is -1.31. The Morgan fingerprint density at radius 3 is 2.39 bits per heavy atom. The van der Waals surface area contributed by atoms with E-state index in [1.54, 1.807) is 12.4 Å². The standard InChI is InChI=1S/C19H20N2O.ClH/c22-19(17-8-2-1-3-9-17,18-10-6-12-20-16-18)11-7-15-21-13-4-5-14-21;/h1-3,6,8-10,12,16,22H,4-5,13-15H2;1H. The Hall–Kier alpha value is -1.86. The summed E-state index contributed by atoms with van der Waals surface area (Å²) in [6, 6.07) is 13.3. The fraction of sp³-hybridized carbons (Fsp3) is 0.316. The minimum absolute atomic E-state index is 0. The van der Waals surface area contributed by atoms with Crippen molar-refractivity contribution < 1.29 is 5.11 Å². The molecule has 1 aromatic heterocycles. The molecule has 1 saturated heterocycles. The van der Waals surface area contributed by atoms with Gasteiger partial charge in [0.1, 0.15) is 0 Å². The first-order valence-corrected chi connectivity index (χ1v) is 7.70. The largest absolute Gasteiger partial charge is 0.369 e. The number of hydrogen-bond acceptors (Lipinski definition) is 3. The van der Waals surface area contributed by atoms with E-state index in [4.69, 9.17) is 0 Å². The Morgan fingerprint density at radius 1 is 1.04 bits per heavy atom. The Bertz CT molecular complexity index is 619. The SMILES string of the molecule is Cl.OC(C#CCN1CCCC1)(c1ccccc1)c1cccnc1. The predicted octanol–water partition coefficient (Wildman–Crippen LogP) is 2.84. The number of aliphatic hydroxyl groups is 1. The van der Waals surface area contributed by atoms with Crippen molar-refractivity contribution in [3.63, 3.8) is 0 Å². The lowest BCUT2D eigenvalue weighted by atomic mass is 9.88.